The molecule has 0 saturated carbocycles. The van der Waals surface area contributed by atoms with E-state index in [-0.39, 0.29) is 18.0 Å². The third kappa shape index (κ3) is 3.34. The molecule has 1 N–H and O–H groups in total. The molecule has 0 fully saturated rings. The van der Waals surface area contributed by atoms with E-state index >= 15 is 0 Å². The van der Waals surface area contributed by atoms with E-state index in [1.807, 2.05) is 6.92 Å². The number of anilines is 1. The van der Waals surface area contributed by atoms with E-state index < -0.39 is 5.69 Å². The number of nitrogens with zero attached hydrogens (tertiary/aromatic N) is 2. The van der Waals surface area contributed by atoms with Gasteiger partial charge in [0.05, 0.1) is 12.1 Å². The predicted molar refractivity (Wildman–Crippen MR) is 97.6 cm³/mol. The average molecular weight is 359 g/mol. The monoisotopic (exact) mass is 359 g/mol. The molecule has 8 heteroatoms. The number of hydrogen-bond donors (Lipinski definition) is 1. The van der Waals surface area contributed by atoms with Gasteiger partial charge in [0.2, 0.25) is 5.91 Å². The van der Waals surface area contributed by atoms with Gasteiger partial charge in [0.15, 0.2) is 0 Å². The topological polar surface area (TPSA) is 82.3 Å². The van der Waals surface area contributed by atoms with Gasteiger partial charge in [-0.15, -0.1) is 11.3 Å². The molecule has 0 aliphatic rings. The van der Waals surface area contributed by atoms with Crippen molar-refractivity contribution < 1.29 is 9.53 Å². The van der Waals surface area contributed by atoms with Crippen LogP contribution < -0.4 is 21.3 Å². The van der Waals surface area contributed by atoms with Crippen LogP contribution in [-0.2, 0) is 18.4 Å². The number of rotatable bonds is 5. The summed E-state index contributed by atoms with van der Waals surface area (Å²) in [6.45, 7) is 2.29. The number of benzene rings is 1. The molecular formula is C17H17N3O4S. The summed E-state index contributed by atoms with van der Waals surface area (Å²) in [5.41, 5.74) is 0.212. The van der Waals surface area contributed by atoms with Crippen LogP contribution >= 0.6 is 11.3 Å². The zero-order valence-electron chi connectivity index (χ0n) is 13.8. The largest absolute Gasteiger partial charge is 0.494 e. The van der Waals surface area contributed by atoms with E-state index in [1.165, 1.54) is 23.0 Å². The van der Waals surface area contributed by atoms with Crippen molar-refractivity contribution in [2.75, 3.05) is 11.9 Å². The number of carbonyl (C=O) groups excluding carboxylic acids is 1. The van der Waals surface area contributed by atoms with E-state index in [4.69, 9.17) is 4.74 Å². The Hall–Kier alpha value is -2.87. The lowest BCUT2D eigenvalue weighted by Crippen LogP contribution is -2.39. The van der Waals surface area contributed by atoms with Crippen molar-refractivity contribution in [2.45, 2.75) is 13.5 Å². The maximum atomic E-state index is 12.3. The highest BCUT2D eigenvalue weighted by atomic mass is 32.1. The third-order valence-corrected chi connectivity index (χ3v) is 4.59. The first-order chi connectivity index (χ1) is 12.0. The summed E-state index contributed by atoms with van der Waals surface area (Å²) < 4.78 is 8.13. The second-order valence-corrected chi connectivity index (χ2v) is 6.29. The highest BCUT2D eigenvalue weighted by molar-refractivity contribution is 7.17. The lowest BCUT2D eigenvalue weighted by Gasteiger charge is -2.10. The molecule has 0 atom stereocenters. The van der Waals surface area contributed by atoms with Gasteiger partial charge in [0.25, 0.3) is 5.56 Å². The van der Waals surface area contributed by atoms with E-state index in [1.54, 1.807) is 35.7 Å². The van der Waals surface area contributed by atoms with Gasteiger partial charge < -0.3 is 10.1 Å². The van der Waals surface area contributed by atoms with Gasteiger partial charge in [-0.25, -0.2) is 4.79 Å². The van der Waals surface area contributed by atoms with Crippen LogP contribution in [0, 0.1) is 0 Å². The molecule has 25 heavy (non-hydrogen) atoms. The molecule has 0 spiro atoms. The van der Waals surface area contributed by atoms with Crippen LogP contribution in [0.25, 0.3) is 10.2 Å². The number of fused-ring (bicyclic) bond motifs is 1. The number of hydrogen-bond acceptors (Lipinski definition) is 5. The first kappa shape index (κ1) is 17.0. The minimum Gasteiger partial charge on any atom is -0.494 e. The van der Waals surface area contributed by atoms with Crippen molar-refractivity contribution in [1.82, 2.24) is 9.13 Å². The minimum atomic E-state index is -0.516. The van der Waals surface area contributed by atoms with Crippen LogP contribution in [0.1, 0.15) is 6.92 Å². The van der Waals surface area contributed by atoms with Gasteiger partial charge in [-0.1, -0.05) is 0 Å². The Kier molecular flexibility index (Phi) is 4.71. The Morgan fingerprint density at radius 3 is 2.60 bits per heavy atom. The van der Waals surface area contributed by atoms with Gasteiger partial charge in [-0.3, -0.25) is 18.7 Å². The molecule has 3 rings (SSSR count). The van der Waals surface area contributed by atoms with Crippen molar-refractivity contribution in [2.24, 2.45) is 7.05 Å². The fourth-order valence-corrected chi connectivity index (χ4v) is 3.37. The van der Waals surface area contributed by atoms with E-state index in [2.05, 4.69) is 5.32 Å². The summed E-state index contributed by atoms with van der Waals surface area (Å²) in [4.78, 5) is 36.7. The van der Waals surface area contributed by atoms with E-state index in [0.717, 1.165) is 10.3 Å². The summed E-state index contributed by atoms with van der Waals surface area (Å²) in [6.07, 6.45) is 0. The highest BCUT2D eigenvalue weighted by Crippen LogP contribution is 2.17. The van der Waals surface area contributed by atoms with Gasteiger partial charge in [-0.2, -0.15) is 0 Å². The fourth-order valence-electron chi connectivity index (χ4n) is 2.50. The van der Waals surface area contributed by atoms with Crippen LogP contribution in [0.4, 0.5) is 5.69 Å². The molecule has 0 aliphatic heterocycles. The first-order valence-corrected chi connectivity index (χ1v) is 8.59. The normalized spacial score (nSPS) is 10.8. The SMILES string of the molecule is CCOc1ccc(NC(=O)Cn2c(=O)n(C)c(=O)c3sccc32)cc1. The molecule has 1 aromatic carbocycles. The Labute approximate surface area is 147 Å². The maximum Gasteiger partial charge on any atom is 0.331 e. The molecule has 2 heterocycles. The average Bonchev–Trinajstić information content (AvgIpc) is 3.08. The van der Waals surface area contributed by atoms with Crippen LogP contribution in [-0.4, -0.2) is 21.6 Å². The third-order valence-electron chi connectivity index (χ3n) is 3.70. The second-order valence-electron chi connectivity index (χ2n) is 5.37. The summed E-state index contributed by atoms with van der Waals surface area (Å²) in [5, 5.41) is 4.47. The van der Waals surface area contributed by atoms with E-state index in [9.17, 15) is 14.4 Å². The van der Waals surface area contributed by atoms with Crippen molar-refractivity contribution in [3.63, 3.8) is 0 Å². The quantitative estimate of drug-likeness (QED) is 0.753. The zero-order chi connectivity index (χ0) is 18.0. The molecular weight excluding hydrogens is 342 g/mol. The van der Waals surface area contributed by atoms with Crippen LogP contribution in [0.2, 0.25) is 0 Å². The number of ether oxygens (including phenoxy) is 1. The fraction of sp³-hybridized carbons (Fsp3) is 0.235. The van der Waals surface area contributed by atoms with Crippen molar-refractivity contribution in [1.29, 1.82) is 0 Å². The minimum absolute atomic E-state index is 0.173. The molecule has 2 aromatic heterocycles. The maximum absolute atomic E-state index is 12.3. The molecule has 0 radical (unpaired) electrons. The molecule has 0 aliphatic carbocycles. The summed E-state index contributed by atoms with van der Waals surface area (Å²) in [6, 6.07) is 8.65. The first-order valence-electron chi connectivity index (χ1n) is 7.71. The number of carbonyl (C=O) groups is 1. The predicted octanol–water partition coefficient (Wildman–Crippen LogP) is 1.80. The van der Waals surface area contributed by atoms with E-state index in [0.29, 0.717) is 22.5 Å². The Morgan fingerprint density at radius 2 is 1.92 bits per heavy atom. The zero-order valence-corrected chi connectivity index (χ0v) is 14.6. The van der Waals surface area contributed by atoms with Crippen LogP contribution in [0.15, 0.2) is 45.3 Å². The highest BCUT2D eigenvalue weighted by Gasteiger charge is 2.14. The number of nitrogens with one attached hydrogen (secondary N) is 1. The van der Waals surface area contributed by atoms with Gasteiger partial charge >= 0.3 is 5.69 Å². The Bertz CT molecular complexity index is 1030. The number of aromatic nitrogens is 2. The molecule has 3 aromatic rings. The number of amides is 1. The van der Waals surface area contributed by atoms with Crippen LogP contribution in [0.3, 0.4) is 0 Å². The van der Waals surface area contributed by atoms with Crippen molar-refractivity contribution >= 4 is 33.1 Å². The van der Waals surface area contributed by atoms with Crippen LogP contribution in [0.5, 0.6) is 5.75 Å². The molecule has 0 unspecified atom stereocenters. The van der Waals surface area contributed by atoms with Gasteiger partial charge in [-0.05, 0) is 42.6 Å². The molecule has 0 bridgehead atoms. The second kappa shape index (κ2) is 6.94. The van der Waals surface area contributed by atoms with Gasteiger partial charge in [0.1, 0.15) is 17.0 Å². The lowest BCUT2D eigenvalue weighted by atomic mass is 10.3. The standard InChI is InChI=1S/C17H17N3O4S/c1-3-24-12-6-4-11(5-7-12)18-14(21)10-20-13-8-9-25-15(13)16(22)19(2)17(20)23/h4-9H,3,10H2,1-2H3,(H,18,21). The molecule has 130 valence electrons. The summed E-state index contributed by atoms with van der Waals surface area (Å²) in [5.74, 6) is 0.368. The number of thiophene rings is 1. The Morgan fingerprint density at radius 1 is 1.20 bits per heavy atom. The summed E-state index contributed by atoms with van der Waals surface area (Å²) >= 11 is 1.25. The molecule has 7 nitrogen and oxygen atoms in total. The Balaban J connectivity index is 1.84. The van der Waals surface area contributed by atoms with Crippen molar-refractivity contribution in [3.05, 3.63) is 56.5 Å². The van der Waals surface area contributed by atoms with Crippen molar-refractivity contribution in [3.8, 4) is 5.75 Å². The smallest absolute Gasteiger partial charge is 0.331 e. The lowest BCUT2D eigenvalue weighted by molar-refractivity contribution is -0.116. The molecule has 0 saturated heterocycles. The summed E-state index contributed by atoms with van der Waals surface area (Å²) in [7, 11) is 1.41. The van der Waals surface area contributed by atoms with Gasteiger partial charge in [0, 0.05) is 12.7 Å². The molecule has 1 amide bonds.